The molecule has 9 nitrogen and oxygen atoms in total. The molecule has 1 aromatic carbocycles. The summed E-state index contributed by atoms with van der Waals surface area (Å²) in [6.07, 6.45) is -3.89. The van der Waals surface area contributed by atoms with Crippen molar-refractivity contribution in [3.05, 3.63) is 51.4 Å². The molecule has 1 aromatic heterocycles. The smallest absolute Gasteiger partial charge is 0.423 e. The molecule has 0 spiro atoms. The maximum Gasteiger partial charge on any atom is 0.423 e. The van der Waals surface area contributed by atoms with E-state index in [0.717, 1.165) is 28.0 Å². The maximum atomic E-state index is 14.1. The molecule has 1 fully saturated rings. The normalized spacial score (nSPS) is 16.6. The minimum Gasteiger partial charge on any atom is -0.490 e. The molecule has 1 saturated heterocycles. The topological polar surface area (TPSA) is 97.1 Å². The van der Waals surface area contributed by atoms with Gasteiger partial charge in [0.05, 0.1) is 11.9 Å². The molecule has 0 saturated carbocycles. The Morgan fingerprint density at radius 1 is 1.18 bits per heavy atom. The van der Waals surface area contributed by atoms with Crippen molar-refractivity contribution in [1.82, 2.24) is 14.7 Å². The van der Waals surface area contributed by atoms with Crippen LogP contribution in [0.4, 0.5) is 23.7 Å². The Hall–Kier alpha value is -3.06. The summed E-state index contributed by atoms with van der Waals surface area (Å²) in [5.74, 6) is 0.560. The SMILES string of the molecule is C[Si](C)(C)CCOCn1ncc(N2Cc3cccc(OC4CCN(C(=O)O)CC4)c3C2)c(C(F)(F)F)c1=O. The Balaban J connectivity index is 1.51. The number of piperidine rings is 1. The van der Waals surface area contributed by atoms with E-state index >= 15 is 0 Å². The minimum absolute atomic E-state index is 0.125. The second kappa shape index (κ2) is 11.0. The van der Waals surface area contributed by atoms with E-state index in [1.165, 1.54) is 9.80 Å². The number of alkyl halides is 3. The second-order valence-electron chi connectivity index (χ2n) is 10.9. The number of fused-ring (bicyclic) bond motifs is 1. The van der Waals surface area contributed by atoms with Crippen molar-refractivity contribution in [2.45, 2.75) is 70.6 Å². The summed E-state index contributed by atoms with van der Waals surface area (Å²) in [5.41, 5.74) is -1.23. The number of aromatic nitrogens is 2. The number of nitrogens with zero attached hydrogens (tertiary/aromatic N) is 4. The third kappa shape index (κ3) is 6.49. The number of hydrogen-bond donors (Lipinski definition) is 1. The first-order valence-corrected chi connectivity index (χ1v) is 16.3. The number of benzene rings is 1. The first kappa shape index (κ1) is 28.0. The molecule has 1 amide bonds. The number of carboxylic acid groups (broad SMARTS) is 1. The zero-order chi connectivity index (χ0) is 27.7. The molecule has 2 aromatic rings. The standard InChI is InChI=1S/C25H33F3N4O5Si/c1-38(2,3)12-11-36-16-32-23(33)22(25(26,27)28)20(13-29-32)31-14-17-5-4-6-21(19(17)15-31)37-18-7-9-30(10-8-18)24(34)35/h4-6,13,18H,7-12,14-16H2,1-3H3,(H,34,35). The quantitative estimate of drug-likeness (QED) is 0.376. The molecule has 0 radical (unpaired) electrons. The molecule has 0 atom stereocenters. The molecular weight excluding hydrogens is 521 g/mol. The lowest BCUT2D eigenvalue weighted by atomic mass is 10.1. The van der Waals surface area contributed by atoms with Crippen LogP contribution in [0.2, 0.25) is 25.7 Å². The molecular formula is C25H33F3N4O5Si. The highest BCUT2D eigenvalue weighted by molar-refractivity contribution is 6.76. The number of halogens is 3. The predicted molar refractivity (Wildman–Crippen MR) is 137 cm³/mol. The Morgan fingerprint density at radius 3 is 2.53 bits per heavy atom. The summed E-state index contributed by atoms with van der Waals surface area (Å²) in [6, 6.07) is 6.19. The number of likely N-dealkylation sites (tertiary alicyclic amines) is 1. The number of carbonyl (C=O) groups is 1. The van der Waals surface area contributed by atoms with E-state index in [9.17, 15) is 22.8 Å². The summed E-state index contributed by atoms with van der Waals surface area (Å²) in [4.78, 5) is 26.8. The zero-order valence-corrected chi connectivity index (χ0v) is 22.8. The first-order chi connectivity index (χ1) is 17.8. The van der Waals surface area contributed by atoms with Crippen LogP contribution in [0.15, 0.2) is 29.2 Å². The van der Waals surface area contributed by atoms with Crippen LogP contribution in [0.5, 0.6) is 5.75 Å². The number of amides is 1. The van der Waals surface area contributed by atoms with Gasteiger partial charge >= 0.3 is 12.3 Å². The van der Waals surface area contributed by atoms with Gasteiger partial charge in [-0.15, -0.1) is 0 Å². The summed E-state index contributed by atoms with van der Waals surface area (Å²) in [7, 11) is -1.39. The van der Waals surface area contributed by atoms with E-state index in [2.05, 4.69) is 24.7 Å². The zero-order valence-electron chi connectivity index (χ0n) is 21.8. The fourth-order valence-corrected chi connectivity index (χ4v) is 5.38. The van der Waals surface area contributed by atoms with Crippen molar-refractivity contribution >= 4 is 19.9 Å². The summed E-state index contributed by atoms with van der Waals surface area (Å²) in [5, 5.41) is 13.1. The van der Waals surface area contributed by atoms with Crippen LogP contribution in [0.25, 0.3) is 0 Å². The molecule has 4 rings (SSSR count). The molecule has 0 bridgehead atoms. The molecule has 1 N–H and O–H groups in total. The van der Waals surface area contributed by atoms with Gasteiger partial charge in [0, 0.05) is 59.3 Å². The largest absolute Gasteiger partial charge is 0.490 e. The summed E-state index contributed by atoms with van der Waals surface area (Å²) < 4.78 is 54.7. The monoisotopic (exact) mass is 554 g/mol. The summed E-state index contributed by atoms with van der Waals surface area (Å²) >= 11 is 0. The molecule has 2 aliphatic rings. The Bertz CT molecular complexity index is 1220. The predicted octanol–water partition coefficient (Wildman–Crippen LogP) is 4.62. The fourth-order valence-electron chi connectivity index (χ4n) is 4.62. The van der Waals surface area contributed by atoms with Gasteiger partial charge in [-0.3, -0.25) is 4.79 Å². The van der Waals surface area contributed by atoms with Crippen molar-refractivity contribution in [3.8, 4) is 5.75 Å². The number of hydrogen-bond acceptors (Lipinski definition) is 6. The van der Waals surface area contributed by atoms with Crippen LogP contribution in [0, 0.1) is 0 Å². The van der Waals surface area contributed by atoms with Gasteiger partial charge in [0.2, 0.25) is 0 Å². The maximum absolute atomic E-state index is 14.1. The van der Waals surface area contributed by atoms with Crippen LogP contribution < -0.4 is 15.2 Å². The van der Waals surface area contributed by atoms with Crippen LogP contribution >= 0.6 is 0 Å². The molecule has 3 heterocycles. The Labute approximate surface area is 219 Å². The number of anilines is 1. The highest BCUT2D eigenvalue weighted by Gasteiger charge is 2.41. The molecule has 13 heteroatoms. The van der Waals surface area contributed by atoms with Crippen molar-refractivity contribution in [3.63, 3.8) is 0 Å². The van der Waals surface area contributed by atoms with E-state index in [4.69, 9.17) is 14.6 Å². The number of rotatable bonds is 8. The van der Waals surface area contributed by atoms with Crippen molar-refractivity contribution < 1.29 is 32.5 Å². The van der Waals surface area contributed by atoms with Crippen LogP contribution in [-0.2, 0) is 30.7 Å². The Morgan fingerprint density at radius 2 is 1.89 bits per heavy atom. The van der Waals surface area contributed by atoms with Crippen LogP contribution in [0.1, 0.15) is 29.5 Å². The lowest BCUT2D eigenvalue weighted by Gasteiger charge is -2.30. The average Bonchev–Trinajstić information content (AvgIpc) is 3.27. The van der Waals surface area contributed by atoms with Crippen molar-refractivity contribution in [1.29, 1.82) is 0 Å². The van der Waals surface area contributed by atoms with E-state index < -0.39 is 31.5 Å². The third-order valence-electron chi connectivity index (χ3n) is 6.80. The van der Waals surface area contributed by atoms with E-state index in [1.54, 1.807) is 12.1 Å². The van der Waals surface area contributed by atoms with Gasteiger partial charge in [-0.25, -0.2) is 9.48 Å². The van der Waals surface area contributed by atoms with Crippen LogP contribution in [-0.4, -0.2) is 59.8 Å². The van der Waals surface area contributed by atoms with Gasteiger partial charge in [-0.05, 0) is 17.7 Å². The van der Waals surface area contributed by atoms with E-state index in [0.29, 0.717) is 38.3 Å². The Kier molecular flexibility index (Phi) is 8.07. The van der Waals surface area contributed by atoms with E-state index in [-0.39, 0.29) is 31.6 Å². The second-order valence-corrected chi connectivity index (χ2v) is 16.5. The van der Waals surface area contributed by atoms with Gasteiger partial charge in [0.1, 0.15) is 24.1 Å². The lowest BCUT2D eigenvalue weighted by Crippen LogP contribution is -2.41. The third-order valence-corrected chi connectivity index (χ3v) is 8.51. The molecule has 0 aliphatic carbocycles. The molecule has 0 unspecified atom stereocenters. The number of ether oxygens (including phenoxy) is 2. The molecule has 2 aliphatic heterocycles. The van der Waals surface area contributed by atoms with Crippen molar-refractivity contribution in [2.24, 2.45) is 0 Å². The lowest BCUT2D eigenvalue weighted by molar-refractivity contribution is -0.138. The first-order valence-electron chi connectivity index (χ1n) is 12.6. The minimum atomic E-state index is -4.87. The fraction of sp³-hybridized carbons (Fsp3) is 0.560. The highest BCUT2D eigenvalue weighted by atomic mass is 28.3. The van der Waals surface area contributed by atoms with Gasteiger partial charge in [0.25, 0.3) is 5.56 Å². The van der Waals surface area contributed by atoms with Crippen LogP contribution in [0.3, 0.4) is 0 Å². The molecule has 38 heavy (non-hydrogen) atoms. The summed E-state index contributed by atoms with van der Waals surface area (Å²) in [6.45, 7) is 7.50. The van der Waals surface area contributed by atoms with Crippen molar-refractivity contribution in [2.75, 3.05) is 24.6 Å². The van der Waals surface area contributed by atoms with Gasteiger partial charge < -0.3 is 24.4 Å². The average molecular weight is 555 g/mol. The van der Waals surface area contributed by atoms with Gasteiger partial charge in [0.15, 0.2) is 0 Å². The molecule has 208 valence electrons. The highest BCUT2D eigenvalue weighted by Crippen LogP contribution is 2.39. The van der Waals surface area contributed by atoms with E-state index in [1.807, 2.05) is 6.07 Å². The van der Waals surface area contributed by atoms with Gasteiger partial charge in [-0.1, -0.05) is 31.8 Å². The van der Waals surface area contributed by atoms with Gasteiger partial charge in [-0.2, -0.15) is 18.3 Å².